The lowest BCUT2D eigenvalue weighted by Gasteiger charge is -2.12. The quantitative estimate of drug-likeness (QED) is 0.143. The van der Waals surface area contributed by atoms with Crippen molar-refractivity contribution in [2.45, 2.75) is 0 Å². The number of rotatable bonds is 6. The highest BCUT2D eigenvalue weighted by Gasteiger charge is 2.10. The molecule has 10 aromatic rings. The van der Waals surface area contributed by atoms with Crippen molar-refractivity contribution in [1.29, 1.82) is 0 Å². The summed E-state index contributed by atoms with van der Waals surface area (Å²) in [6, 6.07) is 73.9. The van der Waals surface area contributed by atoms with Gasteiger partial charge >= 0.3 is 17.9 Å². The van der Waals surface area contributed by atoms with E-state index < -0.39 is 17.9 Å². The molecule has 3 N–H and O–H groups in total. The third-order valence-electron chi connectivity index (χ3n) is 12.7. The summed E-state index contributed by atoms with van der Waals surface area (Å²) in [5.41, 5.74) is 16.7. The lowest BCUT2D eigenvalue weighted by Crippen LogP contribution is -1.94. The van der Waals surface area contributed by atoms with Crippen LogP contribution in [0.2, 0.25) is 0 Å². The first kappa shape index (κ1) is 52.4. The highest BCUT2D eigenvalue weighted by Crippen LogP contribution is 2.33. The van der Waals surface area contributed by atoms with Crippen LogP contribution in [0.15, 0.2) is 237 Å². The SMILES string of the molecule is O=C(O)c1ccc(C#Cc2ccc(C#Cc3ccc(-c4cc(-c5ccc(C#Cc6ccc(C#Cc7ccc(C(=O)O)cc7)cc6)cc5)cc(-c5ccc(C#Cc6ccc(C#Cc7ccc(C(=O)O)cc7)cc6)cc5)c4)cc3)cc2)cc1. The highest BCUT2D eigenvalue weighted by molar-refractivity contribution is 5.89. The first-order valence-electron chi connectivity index (χ1n) is 25.4. The van der Waals surface area contributed by atoms with Crippen LogP contribution >= 0.6 is 0 Å². The number of carboxylic acid groups (broad SMARTS) is 3. The van der Waals surface area contributed by atoms with Gasteiger partial charge in [-0.15, -0.1) is 0 Å². The third kappa shape index (κ3) is 14.3. The number of hydrogen-bond acceptors (Lipinski definition) is 3. The van der Waals surface area contributed by atoms with Crippen LogP contribution in [0, 0.1) is 71.0 Å². The molecule has 0 aliphatic carbocycles. The van der Waals surface area contributed by atoms with Gasteiger partial charge in [0.2, 0.25) is 0 Å². The van der Waals surface area contributed by atoms with Gasteiger partial charge < -0.3 is 15.3 Å². The summed E-state index contributed by atoms with van der Waals surface area (Å²) in [5, 5.41) is 27.5. The van der Waals surface area contributed by atoms with Gasteiger partial charge in [-0.25, -0.2) is 14.4 Å². The summed E-state index contributed by atoms with van der Waals surface area (Å²) in [4.78, 5) is 33.5. The predicted molar refractivity (Wildman–Crippen MR) is 318 cm³/mol. The zero-order valence-electron chi connectivity index (χ0n) is 43.1. The van der Waals surface area contributed by atoms with E-state index in [1.807, 2.05) is 109 Å². The Hall–Kier alpha value is -12.0. The molecular formula is C75H42O6. The monoisotopic (exact) mass is 1040 g/mol. The number of carboxylic acids is 3. The normalized spacial score (nSPS) is 9.93. The fraction of sp³-hybridized carbons (Fsp3) is 0. The standard InChI is InChI=1S/C75H42O6/c76-73(77)67-43-31-61(32-44-67)22-16-55-7-1-52(2-8-55)13-19-58-25-37-64(38-26-58)70-49-71(65-39-27-59(28-40-65)20-14-53-3-9-56(10-4-53)17-23-62-33-45-68(46-34-62)74(78)79)51-72(50-70)66-41-29-60(30-42-66)21-15-54-5-11-57(12-6-54)18-24-63-35-47-69(48-36-63)75(80)81/h1-12,25-51H,(H,76,77)(H,78,79)(H,80,81). The predicted octanol–water partition coefficient (Wildman–Crippen LogP) is 14.2. The van der Waals surface area contributed by atoms with Crippen LogP contribution in [0.25, 0.3) is 33.4 Å². The Labute approximate surface area is 469 Å². The summed E-state index contributed by atoms with van der Waals surface area (Å²) in [5.74, 6) is 35.4. The van der Waals surface area contributed by atoms with Crippen LogP contribution in [0.3, 0.4) is 0 Å². The first-order chi connectivity index (χ1) is 39.5. The Bertz CT molecular complexity index is 3930. The van der Waals surface area contributed by atoms with Gasteiger partial charge in [0, 0.05) is 66.8 Å². The number of hydrogen-bond donors (Lipinski definition) is 3. The van der Waals surface area contributed by atoms with Crippen LogP contribution in [0.1, 0.15) is 97.8 Å². The fourth-order valence-corrected chi connectivity index (χ4v) is 8.23. The molecule has 81 heavy (non-hydrogen) atoms. The van der Waals surface area contributed by atoms with E-state index in [9.17, 15) is 14.4 Å². The minimum absolute atomic E-state index is 0.220. The number of aromatic carboxylic acids is 3. The molecule has 0 aromatic heterocycles. The minimum Gasteiger partial charge on any atom is -0.478 e. The van der Waals surface area contributed by atoms with Crippen LogP contribution in [-0.4, -0.2) is 33.2 Å². The zero-order valence-corrected chi connectivity index (χ0v) is 43.1. The molecule has 6 nitrogen and oxygen atoms in total. The number of carbonyl (C=O) groups is 3. The second-order valence-electron chi connectivity index (χ2n) is 18.4. The van der Waals surface area contributed by atoms with Gasteiger partial charge in [0.1, 0.15) is 0 Å². The summed E-state index contributed by atoms with van der Waals surface area (Å²) in [6.07, 6.45) is 0. The summed E-state index contributed by atoms with van der Waals surface area (Å²) < 4.78 is 0. The minimum atomic E-state index is -0.972. The Kier molecular flexibility index (Phi) is 16.0. The van der Waals surface area contributed by atoms with E-state index in [0.29, 0.717) is 0 Å². The molecule has 10 rings (SSSR count). The summed E-state index contributed by atoms with van der Waals surface area (Å²) in [7, 11) is 0. The molecule has 0 radical (unpaired) electrons. The second-order valence-corrected chi connectivity index (χ2v) is 18.4. The lowest BCUT2D eigenvalue weighted by molar-refractivity contribution is 0.0686. The summed E-state index contributed by atoms with van der Waals surface area (Å²) >= 11 is 0. The maximum atomic E-state index is 11.2. The zero-order chi connectivity index (χ0) is 55.9. The second kappa shape index (κ2) is 24.8. The molecule has 0 saturated carbocycles. The smallest absolute Gasteiger partial charge is 0.335 e. The van der Waals surface area contributed by atoms with Gasteiger partial charge in [0.15, 0.2) is 0 Å². The topological polar surface area (TPSA) is 112 Å². The van der Waals surface area contributed by atoms with Crippen molar-refractivity contribution in [1.82, 2.24) is 0 Å². The van der Waals surface area contributed by atoms with E-state index in [2.05, 4.69) is 126 Å². The summed E-state index contributed by atoms with van der Waals surface area (Å²) in [6.45, 7) is 0. The molecule has 0 heterocycles. The van der Waals surface area contributed by atoms with Gasteiger partial charge in [-0.3, -0.25) is 0 Å². The molecule has 378 valence electrons. The molecule has 0 aliphatic rings. The fourth-order valence-electron chi connectivity index (χ4n) is 8.23. The van der Waals surface area contributed by atoms with Gasteiger partial charge in [-0.2, -0.15) is 0 Å². The van der Waals surface area contributed by atoms with Crippen molar-refractivity contribution in [2.75, 3.05) is 0 Å². The van der Waals surface area contributed by atoms with Gasteiger partial charge in [-0.1, -0.05) is 107 Å². The van der Waals surface area contributed by atoms with E-state index in [1.54, 1.807) is 72.8 Å². The van der Waals surface area contributed by atoms with E-state index in [4.69, 9.17) is 15.3 Å². The van der Waals surface area contributed by atoms with E-state index >= 15 is 0 Å². The maximum Gasteiger partial charge on any atom is 0.335 e. The van der Waals surface area contributed by atoms with Crippen molar-refractivity contribution in [3.05, 3.63) is 320 Å². The number of benzene rings is 10. The largest absolute Gasteiger partial charge is 0.478 e. The van der Waals surface area contributed by atoms with E-state index in [0.717, 1.165) is 100 Å². The molecule has 0 spiro atoms. The Morgan fingerprint density at radius 2 is 0.309 bits per heavy atom. The Balaban J connectivity index is 0.863. The molecule has 0 aliphatic heterocycles. The Morgan fingerprint density at radius 1 is 0.185 bits per heavy atom. The lowest BCUT2D eigenvalue weighted by atomic mass is 9.92. The Morgan fingerprint density at radius 3 is 0.444 bits per heavy atom. The van der Waals surface area contributed by atoms with Crippen LogP contribution in [0.5, 0.6) is 0 Å². The van der Waals surface area contributed by atoms with Crippen molar-refractivity contribution in [2.24, 2.45) is 0 Å². The van der Waals surface area contributed by atoms with Crippen molar-refractivity contribution in [3.8, 4) is 104 Å². The van der Waals surface area contributed by atoms with E-state index in [1.165, 1.54) is 0 Å². The molecule has 0 saturated heterocycles. The maximum absolute atomic E-state index is 11.2. The molecular weight excluding hydrogens is 997 g/mol. The van der Waals surface area contributed by atoms with Crippen LogP contribution in [0.4, 0.5) is 0 Å². The molecule has 0 amide bonds. The molecule has 6 heteroatoms. The van der Waals surface area contributed by atoms with Crippen molar-refractivity contribution < 1.29 is 29.7 Å². The third-order valence-corrected chi connectivity index (χ3v) is 12.7. The van der Waals surface area contributed by atoms with Gasteiger partial charge in [0.05, 0.1) is 16.7 Å². The molecule has 0 unspecified atom stereocenters. The van der Waals surface area contributed by atoms with Crippen LogP contribution in [-0.2, 0) is 0 Å². The van der Waals surface area contributed by atoms with E-state index in [-0.39, 0.29) is 16.7 Å². The van der Waals surface area contributed by atoms with Gasteiger partial charge in [-0.05, 0) is 234 Å². The highest BCUT2D eigenvalue weighted by atomic mass is 16.4. The average Bonchev–Trinajstić information content (AvgIpc) is 3.53. The molecule has 0 bridgehead atoms. The average molecular weight is 1040 g/mol. The van der Waals surface area contributed by atoms with Crippen LogP contribution < -0.4 is 0 Å². The molecule has 10 aromatic carbocycles. The first-order valence-corrected chi connectivity index (χ1v) is 25.4. The van der Waals surface area contributed by atoms with Crippen molar-refractivity contribution in [3.63, 3.8) is 0 Å². The van der Waals surface area contributed by atoms with Gasteiger partial charge in [0.25, 0.3) is 0 Å². The van der Waals surface area contributed by atoms with Crippen molar-refractivity contribution >= 4 is 17.9 Å². The molecule has 0 atom stereocenters. The molecule has 0 fully saturated rings.